The van der Waals surface area contributed by atoms with E-state index < -0.39 is 0 Å². The van der Waals surface area contributed by atoms with Gasteiger partial charge in [0.25, 0.3) is 0 Å². The van der Waals surface area contributed by atoms with E-state index in [2.05, 4.69) is 111 Å². The van der Waals surface area contributed by atoms with Gasteiger partial charge in [-0.1, -0.05) is 104 Å². The normalized spacial score (nSPS) is 14.7. The van der Waals surface area contributed by atoms with E-state index in [-0.39, 0.29) is 5.41 Å². The molecule has 32 heavy (non-hydrogen) atoms. The fraction of sp³-hybridized carbons (Fsp3) is 0.0968. The average Bonchev–Trinajstić information content (AvgIpc) is 3.06. The maximum Gasteiger partial charge on any atom is 0.0207 e. The van der Waals surface area contributed by atoms with Gasteiger partial charge in [0.2, 0.25) is 0 Å². The minimum atomic E-state index is 0.0426. The van der Waals surface area contributed by atoms with Gasteiger partial charge < -0.3 is 0 Å². The van der Waals surface area contributed by atoms with Gasteiger partial charge in [0.05, 0.1) is 0 Å². The molecule has 0 unspecified atom stereocenters. The molecule has 5 aromatic carbocycles. The lowest BCUT2D eigenvalue weighted by Crippen LogP contribution is -2.14. The van der Waals surface area contributed by atoms with E-state index in [9.17, 15) is 0 Å². The fourth-order valence-electron chi connectivity index (χ4n) is 5.74. The van der Waals surface area contributed by atoms with Gasteiger partial charge in [-0.2, -0.15) is 0 Å². The van der Waals surface area contributed by atoms with Crippen LogP contribution < -0.4 is 0 Å². The van der Waals surface area contributed by atoms with E-state index in [1.54, 1.807) is 0 Å². The van der Waals surface area contributed by atoms with Crippen LogP contribution in [0, 0.1) is 0 Å². The lowest BCUT2D eigenvalue weighted by Gasteiger charge is -2.24. The SMILES string of the molecule is CC1(C)c2ccccc2-c2cc(-c3cccc4c3-c3cccc5cccc(c35)S4)ccc21. The second-order valence-corrected chi connectivity index (χ2v) is 10.5. The monoisotopic (exact) mass is 426 g/mol. The third-order valence-corrected chi connectivity index (χ3v) is 8.40. The molecule has 0 saturated heterocycles. The van der Waals surface area contributed by atoms with Gasteiger partial charge in [-0.05, 0) is 62.5 Å². The summed E-state index contributed by atoms with van der Waals surface area (Å²) < 4.78 is 0. The average molecular weight is 427 g/mol. The highest BCUT2D eigenvalue weighted by Crippen LogP contribution is 2.53. The van der Waals surface area contributed by atoms with Gasteiger partial charge in [0.15, 0.2) is 0 Å². The number of fused-ring (bicyclic) bond motifs is 5. The van der Waals surface area contributed by atoms with Crippen molar-refractivity contribution in [1.82, 2.24) is 0 Å². The summed E-state index contributed by atoms with van der Waals surface area (Å²) >= 11 is 1.90. The molecule has 1 aliphatic heterocycles. The molecule has 0 amide bonds. The summed E-state index contributed by atoms with van der Waals surface area (Å²) in [6.07, 6.45) is 0. The first kappa shape index (κ1) is 18.3. The third-order valence-electron chi connectivity index (χ3n) is 7.28. The van der Waals surface area contributed by atoms with Gasteiger partial charge in [0, 0.05) is 26.2 Å². The maximum absolute atomic E-state index is 2.42. The van der Waals surface area contributed by atoms with E-state index >= 15 is 0 Å². The minimum absolute atomic E-state index is 0.0426. The Bertz CT molecular complexity index is 1570. The van der Waals surface area contributed by atoms with Crippen molar-refractivity contribution in [1.29, 1.82) is 0 Å². The number of hydrogen-bond donors (Lipinski definition) is 0. The summed E-state index contributed by atoms with van der Waals surface area (Å²) in [6.45, 7) is 4.69. The second-order valence-electron chi connectivity index (χ2n) is 9.37. The Labute approximate surface area is 192 Å². The van der Waals surface area contributed by atoms with Gasteiger partial charge in [-0.15, -0.1) is 0 Å². The fourth-order valence-corrected chi connectivity index (χ4v) is 6.92. The van der Waals surface area contributed by atoms with Crippen molar-refractivity contribution in [2.24, 2.45) is 0 Å². The predicted octanol–water partition coefficient (Wildman–Crippen LogP) is 8.94. The molecular weight excluding hydrogens is 404 g/mol. The molecule has 0 fully saturated rings. The molecule has 7 rings (SSSR count). The molecule has 1 heterocycles. The predicted molar refractivity (Wildman–Crippen MR) is 137 cm³/mol. The van der Waals surface area contributed by atoms with Crippen LogP contribution in [0.1, 0.15) is 25.0 Å². The van der Waals surface area contributed by atoms with Crippen molar-refractivity contribution in [3.8, 4) is 33.4 Å². The molecule has 2 aliphatic rings. The van der Waals surface area contributed by atoms with Gasteiger partial charge in [0.1, 0.15) is 0 Å². The zero-order valence-corrected chi connectivity index (χ0v) is 19.0. The van der Waals surface area contributed by atoms with Crippen LogP contribution in [-0.4, -0.2) is 0 Å². The molecule has 0 N–H and O–H groups in total. The molecule has 0 spiro atoms. The Morgan fingerprint density at radius 3 is 2.16 bits per heavy atom. The van der Waals surface area contributed by atoms with Gasteiger partial charge in [-0.3, -0.25) is 0 Å². The summed E-state index contributed by atoms with van der Waals surface area (Å²) in [6, 6.07) is 36.1. The second kappa shape index (κ2) is 6.37. The first-order chi connectivity index (χ1) is 15.6. The van der Waals surface area contributed by atoms with Crippen LogP contribution in [0.2, 0.25) is 0 Å². The molecule has 1 heteroatoms. The Hall–Kier alpha value is -3.29. The Morgan fingerprint density at radius 2 is 1.25 bits per heavy atom. The largest absolute Gasteiger partial charge is 0.0888 e. The number of hydrogen-bond acceptors (Lipinski definition) is 1. The van der Waals surface area contributed by atoms with Gasteiger partial charge in [-0.25, -0.2) is 0 Å². The molecule has 0 radical (unpaired) electrons. The Kier molecular flexibility index (Phi) is 3.64. The van der Waals surface area contributed by atoms with Crippen molar-refractivity contribution in [2.75, 3.05) is 0 Å². The zero-order chi connectivity index (χ0) is 21.4. The standard InChI is InChI=1S/C31H22S/c1-31(2)25-13-4-3-10-22(25)24-18-20(16-17-26(24)31)21-11-7-15-28-30(21)23-12-5-8-19-9-6-14-27(32-28)29(19)23/h3-18H,1-2H3. The van der Waals surface area contributed by atoms with Crippen molar-refractivity contribution < 1.29 is 0 Å². The van der Waals surface area contributed by atoms with E-state index in [4.69, 9.17) is 0 Å². The first-order valence-corrected chi connectivity index (χ1v) is 12.0. The summed E-state index contributed by atoms with van der Waals surface area (Å²) in [5.41, 5.74) is 11.0. The third kappa shape index (κ3) is 2.35. The van der Waals surface area contributed by atoms with Crippen molar-refractivity contribution in [3.63, 3.8) is 0 Å². The van der Waals surface area contributed by atoms with Crippen molar-refractivity contribution in [2.45, 2.75) is 29.1 Å². The van der Waals surface area contributed by atoms with Crippen LogP contribution in [0.3, 0.4) is 0 Å². The van der Waals surface area contributed by atoms with Crippen LogP contribution in [0.15, 0.2) is 107 Å². The van der Waals surface area contributed by atoms with E-state index in [0.717, 1.165) is 0 Å². The molecule has 1 aliphatic carbocycles. The number of benzene rings is 5. The quantitative estimate of drug-likeness (QED) is 0.253. The van der Waals surface area contributed by atoms with Crippen LogP contribution in [0.4, 0.5) is 0 Å². The molecule has 0 aromatic heterocycles. The lowest BCUT2D eigenvalue weighted by molar-refractivity contribution is 0.660. The molecule has 152 valence electrons. The van der Waals surface area contributed by atoms with E-state index in [1.165, 1.54) is 65.1 Å². The van der Waals surface area contributed by atoms with Crippen LogP contribution in [0.5, 0.6) is 0 Å². The molecule has 5 aromatic rings. The smallest absolute Gasteiger partial charge is 0.0207 e. The van der Waals surface area contributed by atoms with E-state index in [1.807, 2.05) is 11.8 Å². The van der Waals surface area contributed by atoms with Gasteiger partial charge >= 0.3 is 0 Å². The minimum Gasteiger partial charge on any atom is -0.0888 e. The van der Waals surface area contributed by atoms with Crippen molar-refractivity contribution in [3.05, 3.63) is 108 Å². The molecular formula is C31H22S. The molecule has 0 nitrogen and oxygen atoms in total. The van der Waals surface area contributed by atoms with Crippen LogP contribution in [-0.2, 0) is 5.41 Å². The Balaban J connectivity index is 1.50. The van der Waals surface area contributed by atoms with Crippen molar-refractivity contribution >= 4 is 22.5 Å². The van der Waals surface area contributed by atoms with Crippen LogP contribution >= 0.6 is 11.8 Å². The summed E-state index contributed by atoms with van der Waals surface area (Å²) in [5, 5.41) is 2.70. The molecule has 0 saturated carbocycles. The highest BCUT2D eigenvalue weighted by atomic mass is 32.2. The number of rotatable bonds is 1. The maximum atomic E-state index is 2.42. The Morgan fingerprint density at radius 1 is 0.562 bits per heavy atom. The first-order valence-electron chi connectivity index (χ1n) is 11.2. The topological polar surface area (TPSA) is 0 Å². The van der Waals surface area contributed by atoms with Crippen LogP contribution in [0.25, 0.3) is 44.2 Å². The molecule has 0 bridgehead atoms. The summed E-state index contributed by atoms with van der Waals surface area (Å²) in [7, 11) is 0. The molecule has 0 atom stereocenters. The highest BCUT2D eigenvalue weighted by molar-refractivity contribution is 7.99. The lowest BCUT2D eigenvalue weighted by atomic mass is 9.82. The highest BCUT2D eigenvalue weighted by Gasteiger charge is 2.35. The zero-order valence-electron chi connectivity index (χ0n) is 18.1. The van der Waals surface area contributed by atoms with E-state index in [0.29, 0.717) is 0 Å². The summed E-state index contributed by atoms with van der Waals surface area (Å²) in [4.78, 5) is 2.70. The summed E-state index contributed by atoms with van der Waals surface area (Å²) in [5.74, 6) is 0.